The second-order valence-electron chi connectivity index (χ2n) is 3.07. The maximum Gasteiger partial charge on any atom is 0.338 e. The van der Waals surface area contributed by atoms with Crippen molar-refractivity contribution in [1.29, 1.82) is 0 Å². The molecule has 0 fully saturated rings. The maximum atomic E-state index is 11.3. The Bertz CT molecular complexity index is 340. The topological polar surface area (TPSA) is 26.3 Å². The third-order valence-corrected chi connectivity index (χ3v) is 2.74. The molecule has 0 unspecified atom stereocenters. The standard InChI is InChI=1S/C10H10BrClO2/c1-10(12)5-3-7(9(13)14-2)8(11)4-6-10/h3-6H,1-2H3/t10-/m1/s1. The summed E-state index contributed by atoms with van der Waals surface area (Å²) in [6.07, 6.45) is 6.94. The van der Waals surface area contributed by atoms with E-state index in [-0.39, 0.29) is 5.97 Å². The summed E-state index contributed by atoms with van der Waals surface area (Å²) in [4.78, 5) is 10.7. The quantitative estimate of drug-likeness (QED) is 0.544. The van der Waals surface area contributed by atoms with Crippen LogP contribution in [0.15, 0.2) is 34.4 Å². The van der Waals surface area contributed by atoms with Crippen molar-refractivity contribution in [3.05, 3.63) is 34.4 Å². The molecule has 0 saturated heterocycles. The van der Waals surface area contributed by atoms with E-state index >= 15 is 0 Å². The zero-order valence-electron chi connectivity index (χ0n) is 7.88. The minimum Gasteiger partial charge on any atom is -0.465 e. The monoisotopic (exact) mass is 276 g/mol. The van der Waals surface area contributed by atoms with Gasteiger partial charge in [0, 0.05) is 4.48 Å². The third-order valence-electron chi connectivity index (χ3n) is 1.79. The highest BCUT2D eigenvalue weighted by atomic mass is 79.9. The Labute approximate surface area is 96.4 Å². The molecule has 0 aromatic carbocycles. The summed E-state index contributed by atoms with van der Waals surface area (Å²) in [7, 11) is 1.35. The average molecular weight is 278 g/mol. The van der Waals surface area contributed by atoms with E-state index in [1.807, 2.05) is 6.92 Å². The molecule has 0 bridgehead atoms. The van der Waals surface area contributed by atoms with Gasteiger partial charge < -0.3 is 4.74 Å². The molecule has 0 radical (unpaired) electrons. The van der Waals surface area contributed by atoms with Crippen LogP contribution in [0, 0.1) is 0 Å². The number of hydrogen-bond acceptors (Lipinski definition) is 2. The molecule has 1 aliphatic rings. The molecule has 1 aliphatic carbocycles. The number of rotatable bonds is 1. The molecule has 0 aromatic heterocycles. The van der Waals surface area contributed by atoms with Crippen molar-refractivity contribution in [2.75, 3.05) is 7.11 Å². The van der Waals surface area contributed by atoms with Crippen LogP contribution in [-0.4, -0.2) is 18.0 Å². The van der Waals surface area contributed by atoms with Crippen LogP contribution in [0.25, 0.3) is 0 Å². The first-order chi connectivity index (χ1) is 6.46. The molecule has 0 spiro atoms. The molecule has 0 amide bonds. The van der Waals surface area contributed by atoms with Gasteiger partial charge in [-0.1, -0.05) is 12.2 Å². The van der Waals surface area contributed by atoms with Crippen molar-refractivity contribution in [2.24, 2.45) is 0 Å². The van der Waals surface area contributed by atoms with Gasteiger partial charge in [0.1, 0.15) is 0 Å². The van der Waals surface area contributed by atoms with Crippen LogP contribution < -0.4 is 0 Å². The van der Waals surface area contributed by atoms with E-state index in [4.69, 9.17) is 11.6 Å². The highest BCUT2D eigenvalue weighted by molar-refractivity contribution is 9.12. The highest BCUT2D eigenvalue weighted by Crippen LogP contribution is 2.27. The van der Waals surface area contributed by atoms with Gasteiger partial charge in [-0.3, -0.25) is 0 Å². The lowest BCUT2D eigenvalue weighted by Gasteiger charge is -2.08. The minimum absolute atomic E-state index is 0.382. The fraction of sp³-hybridized carbons (Fsp3) is 0.300. The molecule has 0 aliphatic heterocycles. The van der Waals surface area contributed by atoms with Crippen molar-refractivity contribution >= 4 is 33.5 Å². The molecule has 14 heavy (non-hydrogen) atoms. The van der Waals surface area contributed by atoms with Gasteiger partial charge in [0.05, 0.1) is 17.6 Å². The van der Waals surface area contributed by atoms with E-state index in [1.165, 1.54) is 7.11 Å². The lowest BCUT2D eigenvalue weighted by atomic mass is 10.1. The van der Waals surface area contributed by atoms with E-state index in [1.54, 1.807) is 24.3 Å². The third kappa shape index (κ3) is 2.72. The van der Waals surface area contributed by atoms with Gasteiger partial charge in [0.15, 0.2) is 0 Å². The van der Waals surface area contributed by atoms with Gasteiger partial charge in [-0.2, -0.15) is 0 Å². The summed E-state index contributed by atoms with van der Waals surface area (Å²) < 4.78 is 5.30. The summed E-state index contributed by atoms with van der Waals surface area (Å²) in [5, 5.41) is 0. The van der Waals surface area contributed by atoms with E-state index in [9.17, 15) is 4.79 Å². The molecule has 0 aromatic rings. The Kier molecular flexibility index (Phi) is 3.56. The van der Waals surface area contributed by atoms with Crippen molar-refractivity contribution < 1.29 is 9.53 Å². The first kappa shape index (κ1) is 11.5. The molecular formula is C10H10BrClO2. The SMILES string of the molecule is COC(=O)C1=C(Br)C=C[C@](C)(Cl)C=C1. The van der Waals surface area contributed by atoms with E-state index < -0.39 is 4.87 Å². The second kappa shape index (κ2) is 4.32. The summed E-state index contributed by atoms with van der Waals surface area (Å²) in [6, 6.07) is 0. The van der Waals surface area contributed by atoms with Gasteiger partial charge in [0.25, 0.3) is 0 Å². The summed E-state index contributed by atoms with van der Waals surface area (Å²) >= 11 is 9.36. The van der Waals surface area contributed by atoms with E-state index in [2.05, 4.69) is 20.7 Å². The molecule has 0 heterocycles. The molecule has 1 rings (SSSR count). The van der Waals surface area contributed by atoms with Crippen LogP contribution in [0.4, 0.5) is 0 Å². The van der Waals surface area contributed by atoms with Gasteiger partial charge in [-0.25, -0.2) is 4.79 Å². The van der Waals surface area contributed by atoms with E-state index in [0.717, 1.165) is 0 Å². The number of carbonyl (C=O) groups is 1. The number of allylic oxidation sites excluding steroid dienone is 4. The molecule has 1 atom stereocenters. The number of carbonyl (C=O) groups excluding carboxylic acids is 1. The number of halogens is 2. The molecule has 4 heteroatoms. The normalized spacial score (nSPS) is 26.3. The zero-order chi connectivity index (χ0) is 10.8. The highest BCUT2D eigenvalue weighted by Gasteiger charge is 2.18. The Morgan fingerprint density at radius 3 is 2.64 bits per heavy atom. The van der Waals surface area contributed by atoms with Crippen LogP contribution in [0.3, 0.4) is 0 Å². The molecule has 0 saturated carbocycles. The van der Waals surface area contributed by atoms with Crippen LogP contribution in [0.1, 0.15) is 6.92 Å². The summed E-state index contributed by atoms with van der Waals surface area (Å²) in [6.45, 7) is 1.84. The van der Waals surface area contributed by atoms with Gasteiger partial charge >= 0.3 is 5.97 Å². The smallest absolute Gasteiger partial charge is 0.338 e. The number of hydrogen-bond donors (Lipinski definition) is 0. The average Bonchev–Trinajstić information content (AvgIpc) is 2.26. The van der Waals surface area contributed by atoms with Crippen molar-refractivity contribution in [3.8, 4) is 0 Å². The minimum atomic E-state index is -0.561. The van der Waals surface area contributed by atoms with Crippen LogP contribution in [-0.2, 0) is 9.53 Å². The number of ether oxygens (including phenoxy) is 1. The number of methoxy groups -OCH3 is 1. The first-order valence-corrected chi connectivity index (χ1v) is 5.19. The lowest BCUT2D eigenvalue weighted by Crippen LogP contribution is -2.07. The van der Waals surface area contributed by atoms with Gasteiger partial charge in [0.2, 0.25) is 0 Å². The zero-order valence-corrected chi connectivity index (χ0v) is 10.2. The van der Waals surface area contributed by atoms with Gasteiger partial charge in [-0.05, 0) is 35.0 Å². The largest absolute Gasteiger partial charge is 0.465 e. The van der Waals surface area contributed by atoms with Crippen LogP contribution in [0.5, 0.6) is 0 Å². The maximum absolute atomic E-state index is 11.3. The lowest BCUT2D eigenvalue weighted by molar-refractivity contribution is -0.135. The predicted molar refractivity (Wildman–Crippen MR) is 60.5 cm³/mol. The van der Waals surface area contributed by atoms with Crippen LogP contribution >= 0.6 is 27.5 Å². The molecular weight excluding hydrogens is 267 g/mol. The number of alkyl halides is 1. The van der Waals surface area contributed by atoms with Crippen molar-refractivity contribution in [2.45, 2.75) is 11.8 Å². The fourth-order valence-corrected chi connectivity index (χ4v) is 1.54. The summed E-state index contributed by atoms with van der Waals surface area (Å²) in [5.41, 5.74) is 0.466. The molecule has 76 valence electrons. The van der Waals surface area contributed by atoms with Crippen LogP contribution in [0.2, 0.25) is 0 Å². The second-order valence-corrected chi connectivity index (χ2v) is 4.74. The van der Waals surface area contributed by atoms with Crippen molar-refractivity contribution in [1.82, 2.24) is 0 Å². The molecule has 0 N–H and O–H groups in total. The first-order valence-electron chi connectivity index (χ1n) is 4.02. The Balaban J connectivity index is 3.08. The molecule has 2 nitrogen and oxygen atoms in total. The Morgan fingerprint density at radius 1 is 1.50 bits per heavy atom. The number of esters is 1. The van der Waals surface area contributed by atoms with Crippen molar-refractivity contribution in [3.63, 3.8) is 0 Å². The Morgan fingerprint density at radius 2 is 2.07 bits per heavy atom. The predicted octanol–water partition coefficient (Wildman–Crippen LogP) is 2.93. The summed E-state index contributed by atoms with van der Waals surface area (Å²) in [5.74, 6) is -0.382. The fourth-order valence-electron chi connectivity index (χ4n) is 0.983. The van der Waals surface area contributed by atoms with E-state index in [0.29, 0.717) is 10.1 Å². The Hall–Kier alpha value is -0.540. The van der Waals surface area contributed by atoms with Gasteiger partial charge in [-0.15, -0.1) is 11.6 Å².